The molecule has 0 radical (unpaired) electrons. The van der Waals surface area contributed by atoms with E-state index in [1.807, 2.05) is 0 Å². The highest BCUT2D eigenvalue weighted by Crippen LogP contribution is 2.31. The van der Waals surface area contributed by atoms with Crippen LogP contribution in [0, 0.1) is 6.92 Å². The lowest BCUT2D eigenvalue weighted by Gasteiger charge is -2.05. The van der Waals surface area contributed by atoms with Crippen molar-refractivity contribution >= 4 is 23.3 Å². The van der Waals surface area contributed by atoms with E-state index >= 15 is 0 Å². The molecule has 0 atom stereocenters. The molecule has 2 aromatic rings. The van der Waals surface area contributed by atoms with Gasteiger partial charge in [-0.2, -0.15) is 4.37 Å². The molecule has 0 aliphatic carbocycles. The van der Waals surface area contributed by atoms with Gasteiger partial charge in [0.2, 0.25) is 0 Å². The van der Waals surface area contributed by atoms with Crippen molar-refractivity contribution in [1.29, 1.82) is 0 Å². The zero-order chi connectivity index (χ0) is 11.4. The SMILES string of the molecule is Cc1cc(CCN)ccc1Sc1ncns1. The smallest absolute Gasteiger partial charge is 0.174 e. The quantitative estimate of drug-likeness (QED) is 0.907. The molecule has 2 N–H and O–H groups in total. The van der Waals surface area contributed by atoms with Gasteiger partial charge in [-0.3, -0.25) is 0 Å². The van der Waals surface area contributed by atoms with Crippen molar-refractivity contribution in [2.24, 2.45) is 5.73 Å². The maximum atomic E-state index is 5.54. The molecule has 1 heterocycles. The summed E-state index contributed by atoms with van der Waals surface area (Å²) < 4.78 is 4.97. The van der Waals surface area contributed by atoms with E-state index in [1.54, 1.807) is 18.1 Å². The maximum absolute atomic E-state index is 5.54. The highest BCUT2D eigenvalue weighted by Gasteiger charge is 2.04. The molecule has 2 rings (SSSR count). The number of benzene rings is 1. The van der Waals surface area contributed by atoms with Gasteiger partial charge in [-0.15, -0.1) is 0 Å². The molecule has 0 unspecified atom stereocenters. The minimum absolute atomic E-state index is 0.697. The fourth-order valence-corrected chi connectivity index (χ4v) is 2.92. The van der Waals surface area contributed by atoms with Gasteiger partial charge < -0.3 is 5.73 Å². The van der Waals surface area contributed by atoms with Crippen LogP contribution in [-0.4, -0.2) is 15.9 Å². The Balaban J connectivity index is 2.16. The summed E-state index contributed by atoms with van der Waals surface area (Å²) in [7, 11) is 0. The van der Waals surface area contributed by atoms with E-state index in [0.717, 1.165) is 10.8 Å². The van der Waals surface area contributed by atoms with Crippen molar-refractivity contribution in [3.63, 3.8) is 0 Å². The molecule has 0 spiro atoms. The average Bonchev–Trinajstić information content (AvgIpc) is 2.75. The standard InChI is InChI=1S/C11H13N3S2/c1-8-6-9(4-5-12)2-3-10(8)15-11-13-7-14-16-11/h2-3,6-7H,4-5,12H2,1H3. The normalized spacial score (nSPS) is 10.6. The van der Waals surface area contributed by atoms with Crippen LogP contribution in [-0.2, 0) is 6.42 Å². The summed E-state index contributed by atoms with van der Waals surface area (Å²) in [6.07, 6.45) is 2.52. The summed E-state index contributed by atoms with van der Waals surface area (Å²) in [4.78, 5) is 5.40. The fraction of sp³-hybridized carbons (Fsp3) is 0.273. The van der Waals surface area contributed by atoms with Crippen LogP contribution in [0.2, 0.25) is 0 Å². The predicted molar refractivity (Wildman–Crippen MR) is 68.0 cm³/mol. The molecule has 0 aliphatic heterocycles. The van der Waals surface area contributed by atoms with E-state index in [9.17, 15) is 0 Å². The van der Waals surface area contributed by atoms with E-state index in [1.165, 1.54) is 27.6 Å². The molecule has 0 fully saturated rings. The molecular weight excluding hydrogens is 238 g/mol. The number of aromatic nitrogens is 2. The molecule has 0 aliphatic rings. The van der Waals surface area contributed by atoms with Gasteiger partial charge in [0, 0.05) is 4.90 Å². The third kappa shape index (κ3) is 2.81. The average molecular weight is 251 g/mol. The number of rotatable bonds is 4. The summed E-state index contributed by atoms with van der Waals surface area (Å²) in [5.41, 5.74) is 8.10. The maximum Gasteiger partial charge on any atom is 0.174 e. The zero-order valence-corrected chi connectivity index (χ0v) is 10.6. The van der Waals surface area contributed by atoms with Gasteiger partial charge in [0.15, 0.2) is 4.34 Å². The Morgan fingerprint density at radius 1 is 1.44 bits per heavy atom. The Morgan fingerprint density at radius 3 is 2.94 bits per heavy atom. The Kier molecular flexibility index (Phi) is 3.93. The molecule has 16 heavy (non-hydrogen) atoms. The van der Waals surface area contributed by atoms with Gasteiger partial charge >= 0.3 is 0 Å². The minimum Gasteiger partial charge on any atom is -0.330 e. The van der Waals surface area contributed by atoms with Crippen LogP contribution >= 0.6 is 23.3 Å². The van der Waals surface area contributed by atoms with Crippen molar-refractivity contribution < 1.29 is 0 Å². The summed E-state index contributed by atoms with van der Waals surface area (Å²) in [5.74, 6) is 0. The van der Waals surface area contributed by atoms with Crippen LogP contribution in [0.1, 0.15) is 11.1 Å². The summed E-state index contributed by atoms with van der Waals surface area (Å²) in [6, 6.07) is 6.45. The molecule has 0 saturated heterocycles. The predicted octanol–water partition coefficient (Wildman–Crippen LogP) is 2.50. The molecule has 0 bridgehead atoms. The van der Waals surface area contributed by atoms with Crippen LogP contribution in [0.15, 0.2) is 33.8 Å². The van der Waals surface area contributed by atoms with Crippen LogP contribution in [0.5, 0.6) is 0 Å². The van der Waals surface area contributed by atoms with Crippen molar-refractivity contribution in [3.05, 3.63) is 35.7 Å². The largest absolute Gasteiger partial charge is 0.330 e. The number of hydrogen-bond acceptors (Lipinski definition) is 5. The molecular formula is C11H13N3S2. The van der Waals surface area contributed by atoms with Crippen molar-refractivity contribution in [1.82, 2.24) is 9.36 Å². The Labute approximate surface area is 103 Å². The van der Waals surface area contributed by atoms with E-state index in [2.05, 4.69) is 34.5 Å². The summed E-state index contributed by atoms with van der Waals surface area (Å²) in [6.45, 7) is 2.81. The van der Waals surface area contributed by atoms with E-state index in [0.29, 0.717) is 6.54 Å². The number of nitrogens with zero attached hydrogens (tertiary/aromatic N) is 2. The van der Waals surface area contributed by atoms with E-state index < -0.39 is 0 Å². The molecule has 1 aromatic carbocycles. The minimum atomic E-state index is 0.697. The number of aryl methyl sites for hydroxylation is 1. The van der Waals surface area contributed by atoms with Crippen molar-refractivity contribution in [3.8, 4) is 0 Å². The van der Waals surface area contributed by atoms with Crippen molar-refractivity contribution in [2.75, 3.05) is 6.54 Å². The van der Waals surface area contributed by atoms with E-state index in [4.69, 9.17) is 5.73 Å². The molecule has 84 valence electrons. The van der Waals surface area contributed by atoms with Gasteiger partial charge in [-0.05, 0) is 48.6 Å². The van der Waals surface area contributed by atoms with Gasteiger partial charge in [-0.25, -0.2) is 4.98 Å². The lowest BCUT2D eigenvalue weighted by molar-refractivity contribution is 0.963. The van der Waals surface area contributed by atoms with Crippen LogP contribution in [0.4, 0.5) is 0 Å². The first-order chi connectivity index (χ1) is 7.79. The van der Waals surface area contributed by atoms with E-state index in [-0.39, 0.29) is 0 Å². The third-order valence-corrected chi connectivity index (χ3v) is 4.10. The van der Waals surface area contributed by atoms with Gasteiger partial charge in [-0.1, -0.05) is 23.9 Å². The Bertz CT molecular complexity index is 454. The second kappa shape index (κ2) is 5.43. The van der Waals surface area contributed by atoms with Gasteiger partial charge in [0.05, 0.1) is 0 Å². The highest BCUT2D eigenvalue weighted by atomic mass is 32.2. The first-order valence-corrected chi connectivity index (χ1v) is 6.62. The first kappa shape index (κ1) is 11.6. The number of hydrogen-bond donors (Lipinski definition) is 1. The first-order valence-electron chi connectivity index (χ1n) is 5.03. The fourth-order valence-electron chi connectivity index (χ4n) is 1.45. The second-order valence-corrected chi connectivity index (χ2v) is 5.52. The highest BCUT2D eigenvalue weighted by molar-refractivity contribution is 8.01. The zero-order valence-electron chi connectivity index (χ0n) is 9.01. The lowest BCUT2D eigenvalue weighted by atomic mass is 10.1. The molecule has 5 heteroatoms. The monoisotopic (exact) mass is 251 g/mol. The third-order valence-electron chi connectivity index (χ3n) is 2.21. The molecule has 0 amide bonds. The van der Waals surface area contributed by atoms with Gasteiger partial charge in [0.1, 0.15) is 6.33 Å². The summed E-state index contributed by atoms with van der Waals surface area (Å²) >= 11 is 3.08. The molecule has 0 saturated carbocycles. The van der Waals surface area contributed by atoms with Crippen molar-refractivity contribution in [2.45, 2.75) is 22.6 Å². The van der Waals surface area contributed by atoms with Crippen LogP contribution in [0.25, 0.3) is 0 Å². The number of nitrogens with two attached hydrogens (primary N) is 1. The second-order valence-electron chi connectivity index (χ2n) is 3.45. The summed E-state index contributed by atoms with van der Waals surface area (Å²) in [5, 5.41) is 0. The molecule has 3 nitrogen and oxygen atoms in total. The Morgan fingerprint density at radius 2 is 2.31 bits per heavy atom. The van der Waals surface area contributed by atoms with Gasteiger partial charge in [0.25, 0.3) is 0 Å². The lowest BCUT2D eigenvalue weighted by Crippen LogP contribution is -2.02. The van der Waals surface area contributed by atoms with Crippen LogP contribution in [0.3, 0.4) is 0 Å². The topological polar surface area (TPSA) is 51.8 Å². The Hall–Kier alpha value is -0.910. The van der Waals surface area contributed by atoms with Crippen LogP contribution < -0.4 is 5.73 Å². The molecule has 1 aromatic heterocycles.